The molecule has 1 aromatic rings. The molecule has 0 radical (unpaired) electrons. The highest BCUT2D eigenvalue weighted by Crippen LogP contribution is 2.13. The average molecular weight is 220 g/mol. The third kappa shape index (κ3) is 3.93. The maximum absolute atomic E-state index is 11.0. The second kappa shape index (κ2) is 6.16. The standard InChI is InChI=1S/C13H20N2O/c1-10-6-7-12(9-11(10)2)15-8-4-5-13(16)14-3/h6-7,9,15H,4-5,8H2,1-3H3,(H,14,16). The van der Waals surface area contributed by atoms with Crippen molar-refractivity contribution in [1.82, 2.24) is 5.32 Å². The minimum Gasteiger partial charge on any atom is -0.385 e. The van der Waals surface area contributed by atoms with Gasteiger partial charge in [0.1, 0.15) is 0 Å². The summed E-state index contributed by atoms with van der Waals surface area (Å²) in [7, 11) is 1.67. The predicted molar refractivity (Wildman–Crippen MR) is 67.7 cm³/mol. The van der Waals surface area contributed by atoms with Crippen LogP contribution in [-0.4, -0.2) is 19.5 Å². The van der Waals surface area contributed by atoms with Gasteiger partial charge < -0.3 is 10.6 Å². The fourth-order valence-corrected chi connectivity index (χ4v) is 1.46. The predicted octanol–water partition coefficient (Wildman–Crippen LogP) is 2.24. The molecule has 2 N–H and O–H groups in total. The molecule has 0 saturated carbocycles. The van der Waals surface area contributed by atoms with Gasteiger partial charge in [0.15, 0.2) is 0 Å². The number of anilines is 1. The molecular weight excluding hydrogens is 200 g/mol. The Hall–Kier alpha value is -1.51. The summed E-state index contributed by atoms with van der Waals surface area (Å²) in [4.78, 5) is 11.0. The van der Waals surface area contributed by atoms with Crippen LogP contribution in [0.3, 0.4) is 0 Å². The quantitative estimate of drug-likeness (QED) is 0.747. The zero-order chi connectivity index (χ0) is 12.0. The summed E-state index contributed by atoms with van der Waals surface area (Å²) in [5, 5.41) is 5.93. The molecule has 0 saturated heterocycles. The summed E-state index contributed by atoms with van der Waals surface area (Å²) in [5.74, 6) is 0.0990. The van der Waals surface area contributed by atoms with E-state index in [1.165, 1.54) is 11.1 Å². The van der Waals surface area contributed by atoms with Crippen LogP contribution in [-0.2, 0) is 4.79 Å². The number of hydrogen-bond acceptors (Lipinski definition) is 2. The van der Waals surface area contributed by atoms with E-state index in [0.29, 0.717) is 6.42 Å². The summed E-state index contributed by atoms with van der Waals surface area (Å²) in [6, 6.07) is 6.31. The Labute approximate surface area is 97.2 Å². The van der Waals surface area contributed by atoms with Gasteiger partial charge in [0.2, 0.25) is 5.91 Å². The van der Waals surface area contributed by atoms with Crippen LogP contribution in [0.1, 0.15) is 24.0 Å². The Kier molecular flexibility index (Phi) is 4.83. The first-order chi connectivity index (χ1) is 7.63. The number of benzene rings is 1. The molecule has 88 valence electrons. The second-order valence-corrected chi connectivity index (χ2v) is 4.00. The van der Waals surface area contributed by atoms with Gasteiger partial charge in [0, 0.05) is 25.7 Å². The van der Waals surface area contributed by atoms with Crippen LogP contribution in [0.5, 0.6) is 0 Å². The fraction of sp³-hybridized carbons (Fsp3) is 0.462. The molecule has 1 rings (SSSR count). The van der Waals surface area contributed by atoms with Gasteiger partial charge in [0.25, 0.3) is 0 Å². The molecule has 1 aromatic carbocycles. The van der Waals surface area contributed by atoms with Crippen molar-refractivity contribution >= 4 is 11.6 Å². The van der Waals surface area contributed by atoms with Crippen LogP contribution in [0.2, 0.25) is 0 Å². The van der Waals surface area contributed by atoms with Crippen molar-refractivity contribution in [3.63, 3.8) is 0 Å². The average Bonchev–Trinajstić information content (AvgIpc) is 2.28. The van der Waals surface area contributed by atoms with Crippen molar-refractivity contribution in [2.75, 3.05) is 18.9 Å². The van der Waals surface area contributed by atoms with E-state index < -0.39 is 0 Å². The lowest BCUT2D eigenvalue weighted by Crippen LogP contribution is -2.18. The maximum atomic E-state index is 11.0. The molecule has 0 aliphatic heterocycles. The number of amides is 1. The molecule has 1 amide bonds. The first kappa shape index (κ1) is 12.6. The molecule has 16 heavy (non-hydrogen) atoms. The first-order valence-corrected chi connectivity index (χ1v) is 5.65. The molecule has 0 aliphatic carbocycles. The smallest absolute Gasteiger partial charge is 0.219 e. The topological polar surface area (TPSA) is 41.1 Å². The Morgan fingerprint density at radius 2 is 2.00 bits per heavy atom. The minimum absolute atomic E-state index is 0.0990. The Morgan fingerprint density at radius 3 is 2.62 bits per heavy atom. The fourth-order valence-electron chi connectivity index (χ4n) is 1.46. The van der Waals surface area contributed by atoms with Crippen molar-refractivity contribution in [1.29, 1.82) is 0 Å². The molecular formula is C13H20N2O. The summed E-state index contributed by atoms with van der Waals surface area (Å²) in [6.07, 6.45) is 1.43. The lowest BCUT2D eigenvalue weighted by molar-refractivity contribution is -0.120. The molecule has 0 fully saturated rings. The molecule has 0 aromatic heterocycles. The van der Waals surface area contributed by atoms with Crippen molar-refractivity contribution in [2.45, 2.75) is 26.7 Å². The van der Waals surface area contributed by atoms with Crippen LogP contribution < -0.4 is 10.6 Å². The Bertz CT molecular complexity index is 361. The van der Waals surface area contributed by atoms with Crippen LogP contribution in [0.15, 0.2) is 18.2 Å². The van der Waals surface area contributed by atoms with Gasteiger partial charge in [-0.1, -0.05) is 6.07 Å². The van der Waals surface area contributed by atoms with E-state index in [9.17, 15) is 4.79 Å². The van der Waals surface area contributed by atoms with E-state index in [2.05, 4.69) is 42.7 Å². The van der Waals surface area contributed by atoms with Gasteiger partial charge in [-0.3, -0.25) is 4.79 Å². The van der Waals surface area contributed by atoms with Gasteiger partial charge >= 0.3 is 0 Å². The van der Waals surface area contributed by atoms with Crippen molar-refractivity contribution in [2.24, 2.45) is 0 Å². The Morgan fingerprint density at radius 1 is 1.25 bits per heavy atom. The maximum Gasteiger partial charge on any atom is 0.219 e. The van der Waals surface area contributed by atoms with E-state index in [4.69, 9.17) is 0 Å². The number of hydrogen-bond donors (Lipinski definition) is 2. The molecule has 3 heteroatoms. The molecule has 3 nitrogen and oxygen atoms in total. The number of rotatable bonds is 5. The van der Waals surface area contributed by atoms with E-state index in [0.717, 1.165) is 18.7 Å². The van der Waals surface area contributed by atoms with Gasteiger partial charge in [-0.2, -0.15) is 0 Å². The van der Waals surface area contributed by atoms with E-state index in [1.54, 1.807) is 7.05 Å². The van der Waals surface area contributed by atoms with E-state index in [-0.39, 0.29) is 5.91 Å². The van der Waals surface area contributed by atoms with Gasteiger partial charge in [-0.15, -0.1) is 0 Å². The van der Waals surface area contributed by atoms with Crippen molar-refractivity contribution in [3.05, 3.63) is 29.3 Å². The van der Waals surface area contributed by atoms with Gasteiger partial charge in [0.05, 0.1) is 0 Å². The molecule has 0 heterocycles. The molecule has 0 bridgehead atoms. The number of aryl methyl sites for hydroxylation is 2. The zero-order valence-corrected chi connectivity index (χ0v) is 10.3. The molecule has 0 atom stereocenters. The number of carbonyl (C=O) groups is 1. The SMILES string of the molecule is CNC(=O)CCCNc1ccc(C)c(C)c1. The number of nitrogens with one attached hydrogen (secondary N) is 2. The zero-order valence-electron chi connectivity index (χ0n) is 10.3. The third-order valence-electron chi connectivity index (χ3n) is 2.70. The van der Waals surface area contributed by atoms with Crippen molar-refractivity contribution in [3.8, 4) is 0 Å². The highest BCUT2D eigenvalue weighted by atomic mass is 16.1. The summed E-state index contributed by atoms with van der Waals surface area (Å²) >= 11 is 0. The summed E-state index contributed by atoms with van der Waals surface area (Å²) in [5.41, 5.74) is 3.72. The first-order valence-electron chi connectivity index (χ1n) is 5.65. The van der Waals surface area contributed by atoms with Crippen LogP contribution in [0.4, 0.5) is 5.69 Å². The van der Waals surface area contributed by atoms with Crippen molar-refractivity contribution < 1.29 is 4.79 Å². The van der Waals surface area contributed by atoms with Crippen LogP contribution in [0.25, 0.3) is 0 Å². The highest BCUT2D eigenvalue weighted by Gasteiger charge is 1.98. The lowest BCUT2D eigenvalue weighted by Gasteiger charge is -2.08. The molecule has 0 aliphatic rings. The van der Waals surface area contributed by atoms with Gasteiger partial charge in [-0.05, 0) is 43.5 Å². The van der Waals surface area contributed by atoms with Crippen LogP contribution >= 0.6 is 0 Å². The third-order valence-corrected chi connectivity index (χ3v) is 2.70. The second-order valence-electron chi connectivity index (χ2n) is 4.00. The summed E-state index contributed by atoms with van der Waals surface area (Å²) < 4.78 is 0. The molecule has 0 spiro atoms. The van der Waals surface area contributed by atoms with Gasteiger partial charge in [-0.25, -0.2) is 0 Å². The van der Waals surface area contributed by atoms with E-state index >= 15 is 0 Å². The Balaban J connectivity index is 2.32. The largest absolute Gasteiger partial charge is 0.385 e. The van der Waals surface area contributed by atoms with E-state index in [1.807, 2.05) is 0 Å². The van der Waals surface area contributed by atoms with Crippen LogP contribution in [0, 0.1) is 13.8 Å². The number of carbonyl (C=O) groups excluding carboxylic acids is 1. The highest BCUT2D eigenvalue weighted by molar-refractivity contribution is 5.75. The molecule has 0 unspecified atom stereocenters. The summed E-state index contributed by atoms with van der Waals surface area (Å²) in [6.45, 7) is 5.03. The normalized spacial score (nSPS) is 9.94. The monoisotopic (exact) mass is 220 g/mol. The lowest BCUT2D eigenvalue weighted by atomic mass is 10.1. The minimum atomic E-state index is 0.0990.